The monoisotopic (exact) mass is 392 g/mol. The van der Waals surface area contributed by atoms with Crippen molar-refractivity contribution in [2.75, 3.05) is 13.2 Å². The maximum Gasteiger partial charge on any atom is 0.338 e. The summed E-state index contributed by atoms with van der Waals surface area (Å²) in [6.45, 7) is 1.61. The van der Waals surface area contributed by atoms with Crippen LogP contribution in [0.1, 0.15) is 43.0 Å². The molecule has 1 aromatic carbocycles. The zero-order valence-electron chi connectivity index (χ0n) is 15.2. The standard InChI is InChI=1S/C19H24N2O5S/c1-3-12-20-27(24,25)16-10-8-15(9-11-16)19(23)26-13-18(22)21-17-7-5-4-6-14(17)2/h1,8-11,14,17,20H,4-7,12-13H2,2H3,(H,21,22). The van der Waals surface area contributed by atoms with E-state index < -0.39 is 16.0 Å². The molecule has 0 aliphatic heterocycles. The second-order valence-electron chi connectivity index (χ2n) is 6.56. The van der Waals surface area contributed by atoms with Gasteiger partial charge in [0.25, 0.3) is 5.91 Å². The maximum atomic E-state index is 12.0. The molecule has 0 spiro atoms. The van der Waals surface area contributed by atoms with Crippen molar-refractivity contribution >= 4 is 21.9 Å². The minimum absolute atomic E-state index is 0.0154. The van der Waals surface area contributed by atoms with Gasteiger partial charge in [-0.15, -0.1) is 6.42 Å². The molecule has 1 aliphatic carbocycles. The van der Waals surface area contributed by atoms with Crippen molar-refractivity contribution in [3.8, 4) is 12.3 Å². The van der Waals surface area contributed by atoms with Crippen molar-refractivity contribution in [3.63, 3.8) is 0 Å². The number of hydrogen-bond donors (Lipinski definition) is 2. The second-order valence-corrected chi connectivity index (χ2v) is 8.33. The van der Waals surface area contributed by atoms with Crippen LogP contribution in [0, 0.1) is 18.3 Å². The summed E-state index contributed by atoms with van der Waals surface area (Å²) in [6, 6.07) is 5.32. The molecule has 0 bridgehead atoms. The third-order valence-corrected chi connectivity index (χ3v) is 5.97. The zero-order chi connectivity index (χ0) is 19.9. The number of terminal acetylenes is 1. The highest BCUT2D eigenvalue weighted by molar-refractivity contribution is 7.89. The number of rotatable bonds is 7. The predicted octanol–water partition coefficient (Wildman–Crippen LogP) is 1.45. The molecule has 2 N–H and O–H groups in total. The summed E-state index contributed by atoms with van der Waals surface area (Å²) in [5.74, 6) is 1.57. The fourth-order valence-electron chi connectivity index (χ4n) is 2.98. The van der Waals surface area contributed by atoms with Gasteiger partial charge < -0.3 is 10.1 Å². The minimum atomic E-state index is -3.72. The quantitative estimate of drug-likeness (QED) is 0.540. The lowest BCUT2D eigenvalue weighted by atomic mass is 9.86. The van der Waals surface area contributed by atoms with E-state index in [1.54, 1.807) is 0 Å². The predicted molar refractivity (Wildman–Crippen MR) is 100 cm³/mol. The zero-order valence-corrected chi connectivity index (χ0v) is 16.1. The Labute approximate surface area is 159 Å². The van der Waals surface area contributed by atoms with Crippen LogP contribution in [0.25, 0.3) is 0 Å². The molecular weight excluding hydrogens is 368 g/mol. The summed E-state index contributed by atoms with van der Waals surface area (Å²) in [7, 11) is -3.72. The van der Waals surface area contributed by atoms with E-state index in [0.717, 1.165) is 19.3 Å². The number of sulfonamides is 1. The summed E-state index contributed by atoms with van der Waals surface area (Å²) in [5.41, 5.74) is 0.157. The van der Waals surface area contributed by atoms with Gasteiger partial charge in [0.05, 0.1) is 17.0 Å². The van der Waals surface area contributed by atoms with E-state index >= 15 is 0 Å². The highest BCUT2D eigenvalue weighted by Gasteiger charge is 2.23. The van der Waals surface area contributed by atoms with Crippen molar-refractivity contribution < 1.29 is 22.7 Å². The van der Waals surface area contributed by atoms with Crippen LogP contribution >= 0.6 is 0 Å². The molecule has 2 rings (SSSR count). The lowest BCUT2D eigenvalue weighted by Crippen LogP contribution is -2.42. The molecule has 1 fully saturated rings. The number of carbonyl (C=O) groups excluding carboxylic acids is 2. The van der Waals surface area contributed by atoms with Crippen molar-refractivity contribution in [2.45, 2.75) is 43.5 Å². The van der Waals surface area contributed by atoms with Crippen LogP contribution in [0.5, 0.6) is 0 Å². The van der Waals surface area contributed by atoms with Crippen LogP contribution in [0.3, 0.4) is 0 Å². The fourth-order valence-corrected chi connectivity index (χ4v) is 3.92. The van der Waals surface area contributed by atoms with Gasteiger partial charge in [-0.05, 0) is 43.0 Å². The van der Waals surface area contributed by atoms with E-state index in [2.05, 4.69) is 22.9 Å². The molecule has 0 saturated heterocycles. The van der Waals surface area contributed by atoms with Gasteiger partial charge in [-0.1, -0.05) is 25.7 Å². The smallest absolute Gasteiger partial charge is 0.338 e. The first kappa shape index (κ1) is 20.9. The number of carbonyl (C=O) groups is 2. The van der Waals surface area contributed by atoms with Crippen LogP contribution in [0.4, 0.5) is 0 Å². The summed E-state index contributed by atoms with van der Waals surface area (Å²) in [6.07, 6.45) is 9.30. The summed E-state index contributed by atoms with van der Waals surface area (Å²) >= 11 is 0. The maximum absolute atomic E-state index is 12.0. The first-order valence-corrected chi connectivity index (χ1v) is 10.3. The van der Waals surface area contributed by atoms with Gasteiger partial charge in [-0.25, -0.2) is 13.2 Å². The van der Waals surface area contributed by atoms with Gasteiger partial charge in [-0.3, -0.25) is 4.79 Å². The van der Waals surface area contributed by atoms with Gasteiger partial charge >= 0.3 is 5.97 Å². The fraction of sp³-hybridized carbons (Fsp3) is 0.474. The molecule has 1 aromatic rings. The molecule has 27 heavy (non-hydrogen) atoms. The lowest BCUT2D eigenvalue weighted by molar-refractivity contribution is -0.125. The average Bonchev–Trinajstić information content (AvgIpc) is 2.66. The third kappa shape index (κ3) is 6.08. The molecule has 1 amide bonds. The summed E-state index contributed by atoms with van der Waals surface area (Å²) < 4.78 is 31.1. The Bertz CT molecular complexity index is 811. The van der Waals surface area contributed by atoms with Gasteiger partial charge in [0.15, 0.2) is 6.61 Å². The molecular formula is C19H24N2O5S. The van der Waals surface area contributed by atoms with Crippen molar-refractivity contribution in [3.05, 3.63) is 29.8 Å². The number of benzene rings is 1. The Morgan fingerprint density at radius 3 is 2.52 bits per heavy atom. The first-order chi connectivity index (χ1) is 12.8. The minimum Gasteiger partial charge on any atom is -0.452 e. The lowest BCUT2D eigenvalue weighted by Gasteiger charge is -2.29. The first-order valence-electron chi connectivity index (χ1n) is 8.83. The second kappa shape index (κ2) is 9.53. The highest BCUT2D eigenvalue weighted by atomic mass is 32.2. The summed E-state index contributed by atoms with van der Waals surface area (Å²) in [5, 5.41) is 2.90. The molecule has 0 aromatic heterocycles. The van der Waals surface area contributed by atoms with E-state index in [0.29, 0.717) is 5.92 Å². The molecule has 1 saturated carbocycles. The van der Waals surface area contributed by atoms with Crippen LogP contribution in [-0.2, 0) is 19.6 Å². The van der Waals surface area contributed by atoms with Crippen molar-refractivity contribution in [1.82, 2.24) is 10.0 Å². The summed E-state index contributed by atoms with van der Waals surface area (Å²) in [4.78, 5) is 24.0. The topological polar surface area (TPSA) is 102 Å². The molecule has 8 heteroatoms. The van der Waals surface area contributed by atoms with Gasteiger partial charge in [0, 0.05) is 6.04 Å². The SMILES string of the molecule is C#CCNS(=O)(=O)c1ccc(C(=O)OCC(=O)NC2CCCCC2C)cc1. The van der Waals surface area contributed by atoms with Crippen LogP contribution in [0.15, 0.2) is 29.2 Å². The van der Waals surface area contributed by atoms with Crippen molar-refractivity contribution in [1.29, 1.82) is 0 Å². The molecule has 146 valence electrons. The molecule has 0 heterocycles. The van der Waals surface area contributed by atoms with Crippen LogP contribution in [0.2, 0.25) is 0 Å². The van der Waals surface area contributed by atoms with E-state index in [-0.39, 0.29) is 35.6 Å². The Hall–Kier alpha value is -2.37. The van der Waals surface area contributed by atoms with Crippen molar-refractivity contribution in [2.24, 2.45) is 5.92 Å². The van der Waals surface area contributed by atoms with Gasteiger partial charge in [0.2, 0.25) is 10.0 Å². The van der Waals surface area contributed by atoms with E-state index in [9.17, 15) is 18.0 Å². The Morgan fingerprint density at radius 2 is 1.89 bits per heavy atom. The Balaban J connectivity index is 1.87. The normalized spacial score (nSPS) is 19.7. The molecule has 2 unspecified atom stereocenters. The molecule has 0 radical (unpaired) electrons. The van der Waals surface area contributed by atoms with Gasteiger partial charge in [0.1, 0.15) is 0 Å². The molecule has 7 nitrogen and oxygen atoms in total. The Kier molecular flexibility index (Phi) is 7.39. The van der Waals surface area contributed by atoms with E-state index in [1.807, 2.05) is 0 Å². The molecule has 1 aliphatic rings. The number of ether oxygens (including phenoxy) is 1. The van der Waals surface area contributed by atoms with E-state index in [4.69, 9.17) is 11.2 Å². The average molecular weight is 392 g/mol. The Morgan fingerprint density at radius 1 is 1.22 bits per heavy atom. The van der Waals surface area contributed by atoms with Crippen LogP contribution < -0.4 is 10.0 Å². The van der Waals surface area contributed by atoms with E-state index in [1.165, 1.54) is 30.7 Å². The largest absolute Gasteiger partial charge is 0.452 e. The number of amides is 1. The third-order valence-electron chi connectivity index (χ3n) is 4.56. The number of nitrogens with one attached hydrogen (secondary N) is 2. The highest BCUT2D eigenvalue weighted by Crippen LogP contribution is 2.23. The van der Waals surface area contributed by atoms with Gasteiger partial charge in [-0.2, -0.15) is 4.72 Å². The molecule has 2 atom stereocenters. The number of hydrogen-bond acceptors (Lipinski definition) is 5. The number of esters is 1. The van der Waals surface area contributed by atoms with Crippen LogP contribution in [-0.4, -0.2) is 39.5 Å².